The molecule has 0 aliphatic rings. The summed E-state index contributed by atoms with van der Waals surface area (Å²) in [6, 6.07) is 6.60. The molecule has 2 N–H and O–H groups in total. The fourth-order valence-corrected chi connectivity index (χ4v) is 2.39. The lowest BCUT2D eigenvalue weighted by molar-refractivity contribution is 0.311. The fourth-order valence-electron chi connectivity index (χ4n) is 2.39. The van der Waals surface area contributed by atoms with Crippen molar-refractivity contribution in [2.45, 2.75) is 39.5 Å². The van der Waals surface area contributed by atoms with E-state index < -0.39 is 0 Å². The van der Waals surface area contributed by atoms with Crippen molar-refractivity contribution < 1.29 is 5.11 Å². The van der Waals surface area contributed by atoms with E-state index in [1.807, 2.05) is 0 Å². The number of unbranched alkanes of at least 4 members (excludes halogenated alkanes) is 2. The van der Waals surface area contributed by atoms with Gasteiger partial charge in [-0.2, -0.15) is 0 Å². The Morgan fingerprint density at radius 3 is 1.82 bits per heavy atom. The fraction of sp³-hybridized carbons (Fsp3) is 0.667. The van der Waals surface area contributed by atoms with Crippen molar-refractivity contribution in [2.75, 3.05) is 55.5 Å². The van der Waals surface area contributed by atoms with Crippen molar-refractivity contribution in [3.63, 3.8) is 0 Å². The summed E-state index contributed by atoms with van der Waals surface area (Å²) in [4.78, 5) is 4.62. The molecule has 0 heterocycles. The van der Waals surface area contributed by atoms with Crippen molar-refractivity contribution >= 4 is 17.1 Å². The summed E-state index contributed by atoms with van der Waals surface area (Å²) in [6.45, 7) is 7.31. The van der Waals surface area contributed by atoms with E-state index in [2.05, 4.69) is 61.3 Å². The summed E-state index contributed by atoms with van der Waals surface area (Å²) in [5, 5.41) is 12.3. The van der Waals surface area contributed by atoms with Gasteiger partial charge < -0.3 is 20.2 Å². The molecule has 0 spiro atoms. The van der Waals surface area contributed by atoms with Crippen molar-refractivity contribution in [1.82, 2.24) is 0 Å². The van der Waals surface area contributed by atoms with Gasteiger partial charge in [0.1, 0.15) is 0 Å². The zero-order valence-electron chi connectivity index (χ0n) is 14.7. The van der Waals surface area contributed by atoms with Crippen LogP contribution >= 0.6 is 0 Å². The highest BCUT2D eigenvalue weighted by molar-refractivity contribution is 5.68. The first-order chi connectivity index (χ1) is 10.6. The summed E-state index contributed by atoms with van der Waals surface area (Å²) < 4.78 is 0. The second-order valence-electron chi connectivity index (χ2n) is 5.94. The predicted octanol–water partition coefficient (Wildman–Crippen LogP) is 3.56. The van der Waals surface area contributed by atoms with Gasteiger partial charge in [-0.1, -0.05) is 26.7 Å². The van der Waals surface area contributed by atoms with E-state index in [1.165, 1.54) is 37.1 Å². The first kappa shape index (κ1) is 18.6. The molecule has 0 saturated carbocycles. The highest BCUT2D eigenvalue weighted by atomic mass is 16.3. The maximum absolute atomic E-state index is 9.03. The predicted molar refractivity (Wildman–Crippen MR) is 98.4 cm³/mol. The first-order valence-electron chi connectivity index (χ1n) is 8.54. The third-order valence-corrected chi connectivity index (χ3v) is 3.92. The van der Waals surface area contributed by atoms with Crippen molar-refractivity contribution in [3.8, 4) is 0 Å². The molecule has 0 saturated heterocycles. The van der Waals surface area contributed by atoms with Crippen molar-refractivity contribution in [3.05, 3.63) is 18.2 Å². The van der Waals surface area contributed by atoms with Crippen LogP contribution in [0.3, 0.4) is 0 Å². The third-order valence-electron chi connectivity index (χ3n) is 3.92. The van der Waals surface area contributed by atoms with E-state index in [1.54, 1.807) is 0 Å². The summed E-state index contributed by atoms with van der Waals surface area (Å²) in [5.74, 6) is 0. The van der Waals surface area contributed by atoms with Crippen LogP contribution in [0.5, 0.6) is 0 Å². The highest BCUT2D eigenvalue weighted by Gasteiger charge is 2.08. The Morgan fingerprint density at radius 2 is 1.41 bits per heavy atom. The molecule has 0 amide bonds. The van der Waals surface area contributed by atoms with Gasteiger partial charge in [0.15, 0.2) is 0 Å². The summed E-state index contributed by atoms with van der Waals surface area (Å²) in [6.07, 6.45) is 4.81. The lowest BCUT2D eigenvalue weighted by atomic mass is 10.2. The van der Waals surface area contributed by atoms with E-state index >= 15 is 0 Å². The van der Waals surface area contributed by atoms with Crippen molar-refractivity contribution in [1.29, 1.82) is 0 Å². The van der Waals surface area contributed by atoms with Gasteiger partial charge in [0.25, 0.3) is 0 Å². The molecule has 22 heavy (non-hydrogen) atoms. The normalized spacial score (nSPS) is 10.6. The topological polar surface area (TPSA) is 38.7 Å². The molecular formula is C18H33N3O. The molecule has 0 atom stereocenters. The minimum Gasteiger partial charge on any atom is -0.395 e. The number of anilines is 3. The van der Waals surface area contributed by atoms with Crippen LogP contribution in [0.25, 0.3) is 0 Å². The van der Waals surface area contributed by atoms with Gasteiger partial charge in [-0.05, 0) is 31.0 Å². The Hall–Kier alpha value is -1.42. The van der Waals surface area contributed by atoms with Gasteiger partial charge in [-0.15, -0.1) is 0 Å². The highest BCUT2D eigenvalue weighted by Crippen LogP contribution is 2.27. The molecule has 0 aliphatic heterocycles. The smallest absolute Gasteiger partial charge is 0.0604 e. The molecule has 1 aromatic rings. The van der Waals surface area contributed by atoms with E-state index in [0.717, 1.165) is 18.8 Å². The average molecular weight is 307 g/mol. The lowest BCUT2D eigenvalue weighted by Crippen LogP contribution is -2.21. The monoisotopic (exact) mass is 307 g/mol. The molecule has 126 valence electrons. The number of hydrogen-bond acceptors (Lipinski definition) is 4. The van der Waals surface area contributed by atoms with Gasteiger partial charge in [-0.25, -0.2) is 0 Å². The molecule has 0 aromatic heterocycles. The van der Waals surface area contributed by atoms with Gasteiger partial charge in [0, 0.05) is 50.8 Å². The molecule has 0 fully saturated rings. The van der Waals surface area contributed by atoms with Gasteiger partial charge >= 0.3 is 0 Å². The number of hydrogen-bond donors (Lipinski definition) is 2. The van der Waals surface area contributed by atoms with Crippen LogP contribution in [0.2, 0.25) is 0 Å². The molecule has 4 nitrogen and oxygen atoms in total. The van der Waals surface area contributed by atoms with E-state index in [0.29, 0.717) is 6.54 Å². The first-order valence-corrected chi connectivity index (χ1v) is 8.54. The number of benzene rings is 1. The van der Waals surface area contributed by atoms with Gasteiger partial charge in [0.2, 0.25) is 0 Å². The van der Waals surface area contributed by atoms with Gasteiger partial charge in [0.05, 0.1) is 6.61 Å². The number of rotatable bonds is 11. The Kier molecular flexibility index (Phi) is 8.75. The van der Waals surface area contributed by atoms with E-state index in [9.17, 15) is 0 Å². The molecule has 0 aliphatic carbocycles. The quantitative estimate of drug-likeness (QED) is 0.655. The number of nitrogens with zero attached hydrogens (tertiary/aromatic N) is 2. The van der Waals surface area contributed by atoms with Crippen LogP contribution in [0, 0.1) is 0 Å². The summed E-state index contributed by atoms with van der Waals surface area (Å²) in [7, 11) is 4.30. The molecule has 0 bridgehead atoms. The zero-order valence-corrected chi connectivity index (χ0v) is 14.7. The van der Waals surface area contributed by atoms with Crippen LogP contribution < -0.4 is 15.1 Å². The minimum atomic E-state index is 0.150. The second kappa shape index (κ2) is 10.3. The van der Waals surface area contributed by atoms with Crippen LogP contribution in [-0.4, -0.2) is 45.4 Å². The molecule has 0 radical (unpaired) electrons. The third kappa shape index (κ3) is 6.14. The molecule has 1 aromatic carbocycles. The molecule has 1 rings (SSSR count). The number of aliphatic hydroxyl groups excluding tert-OH is 1. The van der Waals surface area contributed by atoms with Crippen LogP contribution in [-0.2, 0) is 0 Å². The molecule has 0 unspecified atom stereocenters. The maximum atomic E-state index is 9.03. The van der Waals surface area contributed by atoms with Crippen LogP contribution in [0.15, 0.2) is 18.2 Å². The zero-order chi connectivity index (χ0) is 16.4. The van der Waals surface area contributed by atoms with E-state index in [4.69, 9.17) is 5.11 Å². The van der Waals surface area contributed by atoms with Crippen LogP contribution in [0.1, 0.15) is 39.5 Å². The second-order valence-corrected chi connectivity index (χ2v) is 5.94. The van der Waals surface area contributed by atoms with E-state index in [-0.39, 0.29) is 6.61 Å². The standard InChI is InChI=1S/C18H33N3O/c1-5-7-10-20(3)17-13-16(19-9-12-22)14-18(15-17)21(4)11-8-6-2/h13-15,19,22H,5-12H2,1-4H3. The average Bonchev–Trinajstić information content (AvgIpc) is 2.55. The van der Waals surface area contributed by atoms with Crippen molar-refractivity contribution in [2.24, 2.45) is 0 Å². The Bertz CT molecular complexity index is 391. The number of nitrogens with one attached hydrogen (secondary N) is 1. The SMILES string of the molecule is CCCCN(C)c1cc(NCCO)cc(N(C)CCCC)c1. The summed E-state index contributed by atoms with van der Waals surface area (Å²) in [5.41, 5.74) is 3.54. The minimum absolute atomic E-state index is 0.150. The largest absolute Gasteiger partial charge is 0.395 e. The summed E-state index contributed by atoms with van der Waals surface area (Å²) >= 11 is 0. The van der Waals surface area contributed by atoms with Crippen LogP contribution in [0.4, 0.5) is 17.1 Å². The Morgan fingerprint density at radius 1 is 0.909 bits per heavy atom. The molecule has 4 heteroatoms. The Balaban J connectivity index is 2.93. The van der Waals surface area contributed by atoms with Gasteiger partial charge in [-0.3, -0.25) is 0 Å². The maximum Gasteiger partial charge on any atom is 0.0604 e. The Labute approximate surface area is 136 Å². The number of aliphatic hydroxyl groups is 1. The lowest BCUT2D eigenvalue weighted by Gasteiger charge is -2.25. The molecular weight excluding hydrogens is 274 g/mol.